The van der Waals surface area contributed by atoms with E-state index in [0.29, 0.717) is 12.1 Å². The molecule has 1 heterocycles. The maximum absolute atomic E-state index is 11.9. The minimum absolute atomic E-state index is 0.101. The van der Waals surface area contributed by atoms with Crippen LogP contribution in [0.4, 0.5) is 0 Å². The van der Waals surface area contributed by atoms with Crippen LogP contribution in [0.5, 0.6) is 0 Å². The average molecular weight is 289 g/mol. The lowest BCUT2D eigenvalue weighted by atomic mass is 10.1. The third kappa shape index (κ3) is 3.35. The molecule has 0 amide bonds. The highest BCUT2D eigenvalue weighted by atomic mass is 16.1. The molecule has 4 heteroatoms. The molecule has 0 aliphatic carbocycles. The van der Waals surface area contributed by atoms with E-state index in [1.807, 2.05) is 48.5 Å². The van der Waals surface area contributed by atoms with Crippen molar-refractivity contribution in [2.24, 2.45) is 4.99 Å². The first kappa shape index (κ1) is 13.9. The van der Waals surface area contributed by atoms with Crippen molar-refractivity contribution >= 4 is 12.0 Å². The maximum atomic E-state index is 11.9. The van der Waals surface area contributed by atoms with Crippen LogP contribution in [0.2, 0.25) is 0 Å². The highest BCUT2D eigenvalue weighted by Gasteiger charge is 2.03. The third-order valence-corrected chi connectivity index (χ3v) is 3.22. The van der Waals surface area contributed by atoms with Crippen molar-refractivity contribution in [1.29, 1.82) is 0 Å². The van der Waals surface area contributed by atoms with E-state index in [1.54, 1.807) is 18.3 Å². The van der Waals surface area contributed by atoms with Gasteiger partial charge in [0.15, 0.2) is 0 Å². The van der Waals surface area contributed by atoms with Gasteiger partial charge in [-0.15, -0.1) is 0 Å². The number of nitrogens with zero attached hydrogens (tertiary/aromatic N) is 2. The number of rotatable bonds is 5. The van der Waals surface area contributed by atoms with Crippen LogP contribution < -0.4 is 0 Å². The van der Waals surface area contributed by atoms with E-state index in [0.717, 1.165) is 17.1 Å². The lowest BCUT2D eigenvalue weighted by molar-refractivity contribution is 0.107. The van der Waals surface area contributed by atoms with Crippen molar-refractivity contribution in [2.45, 2.75) is 6.54 Å². The minimum Gasteiger partial charge on any atom is -0.340 e. The molecule has 0 saturated carbocycles. The largest absolute Gasteiger partial charge is 0.340 e. The monoisotopic (exact) mass is 289 g/mol. The molecule has 2 aromatic carbocycles. The number of H-pyrrole nitrogens is 1. The Hall–Kier alpha value is -3.01. The molecule has 1 N–H and O–H groups in total. The average Bonchev–Trinajstić information content (AvgIpc) is 3.05. The molecule has 0 aliphatic heterocycles. The zero-order valence-electron chi connectivity index (χ0n) is 11.9. The van der Waals surface area contributed by atoms with Crippen molar-refractivity contribution in [3.05, 3.63) is 78.2 Å². The number of benzene rings is 2. The van der Waals surface area contributed by atoms with Gasteiger partial charge in [-0.2, -0.15) is 0 Å². The standard InChI is InChI=1S/C18H15N3O/c22-17(15-9-5-2-6-10-15)12-19-13-18-20-11-16(21-18)14-7-3-1-4-8-14/h1-12H,13H2,(H,20,21). The van der Waals surface area contributed by atoms with Crippen LogP contribution >= 0.6 is 0 Å². The highest BCUT2D eigenvalue weighted by Crippen LogP contribution is 2.16. The summed E-state index contributed by atoms with van der Waals surface area (Å²) in [7, 11) is 0. The molecule has 0 aliphatic rings. The molecule has 4 nitrogen and oxygen atoms in total. The van der Waals surface area contributed by atoms with Crippen molar-refractivity contribution in [2.75, 3.05) is 0 Å². The van der Waals surface area contributed by atoms with E-state index in [-0.39, 0.29) is 5.78 Å². The summed E-state index contributed by atoms with van der Waals surface area (Å²) < 4.78 is 0. The predicted octanol–water partition coefficient (Wildman–Crippen LogP) is 3.53. The van der Waals surface area contributed by atoms with Crippen molar-refractivity contribution in [3.8, 4) is 11.3 Å². The number of aliphatic imine (C=N–C) groups is 1. The lowest BCUT2D eigenvalue weighted by Crippen LogP contribution is -2.00. The Kier molecular flexibility index (Phi) is 4.20. The smallest absolute Gasteiger partial charge is 0.203 e. The van der Waals surface area contributed by atoms with Crippen molar-refractivity contribution in [3.63, 3.8) is 0 Å². The molecule has 1 aromatic heterocycles. The number of aromatic amines is 1. The predicted molar refractivity (Wildman–Crippen MR) is 87.0 cm³/mol. The van der Waals surface area contributed by atoms with E-state index in [9.17, 15) is 4.79 Å². The zero-order chi connectivity index (χ0) is 15.2. The first-order valence-corrected chi connectivity index (χ1v) is 7.01. The Morgan fingerprint density at radius 2 is 1.73 bits per heavy atom. The number of Topliss-reactive ketones (excluding diaryl/α,β-unsaturated/α-hetero) is 1. The molecule has 3 rings (SSSR count). The number of hydrogen-bond donors (Lipinski definition) is 1. The topological polar surface area (TPSA) is 58.1 Å². The Labute approximate surface area is 128 Å². The highest BCUT2D eigenvalue weighted by molar-refractivity contribution is 6.35. The molecule has 0 unspecified atom stereocenters. The van der Waals surface area contributed by atoms with Crippen molar-refractivity contribution < 1.29 is 4.79 Å². The quantitative estimate of drug-likeness (QED) is 0.577. The summed E-state index contributed by atoms with van der Waals surface area (Å²) in [6.45, 7) is 0.353. The summed E-state index contributed by atoms with van der Waals surface area (Å²) >= 11 is 0. The molecule has 0 spiro atoms. The van der Waals surface area contributed by atoms with Gasteiger partial charge in [0.05, 0.1) is 24.7 Å². The second-order valence-corrected chi connectivity index (χ2v) is 4.81. The summed E-state index contributed by atoms with van der Waals surface area (Å²) in [6, 6.07) is 19.0. The van der Waals surface area contributed by atoms with Gasteiger partial charge in [-0.25, -0.2) is 4.98 Å². The lowest BCUT2D eigenvalue weighted by Gasteiger charge is -1.95. The molecule has 0 fully saturated rings. The van der Waals surface area contributed by atoms with E-state index in [4.69, 9.17) is 0 Å². The normalized spacial score (nSPS) is 10.9. The molecule has 22 heavy (non-hydrogen) atoms. The summed E-state index contributed by atoms with van der Waals surface area (Å²) in [4.78, 5) is 23.5. The number of hydrogen-bond acceptors (Lipinski definition) is 3. The molecular weight excluding hydrogens is 274 g/mol. The van der Waals surface area contributed by atoms with Gasteiger partial charge < -0.3 is 4.98 Å². The number of imidazole rings is 1. The van der Waals surface area contributed by atoms with E-state index >= 15 is 0 Å². The van der Waals surface area contributed by atoms with Crippen LogP contribution in [-0.2, 0) is 6.54 Å². The molecule has 0 saturated heterocycles. The fourth-order valence-corrected chi connectivity index (χ4v) is 2.10. The van der Waals surface area contributed by atoms with Crippen LogP contribution in [0.25, 0.3) is 11.3 Å². The number of aromatic nitrogens is 2. The first-order chi connectivity index (χ1) is 10.8. The van der Waals surface area contributed by atoms with Gasteiger partial charge in [0, 0.05) is 5.56 Å². The van der Waals surface area contributed by atoms with Gasteiger partial charge >= 0.3 is 0 Å². The summed E-state index contributed by atoms with van der Waals surface area (Å²) in [5.41, 5.74) is 2.65. The second kappa shape index (κ2) is 6.63. The van der Waals surface area contributed by atoms with Gasteiger partial charge in [0.1, 0.15) is 5.82 Å². The van der Waals surface area contributed by atoms with Gasteiger partial charge in [-0.1, -0.05) is 60.7 Å². The van der Waals surface area contributed by atoms with E-state index < -0.39 is 0 Å². The number of carbonyl (C=O) groups excluding carboxylic acids is 1. The molecule has 108 valence electrons. The van der Waals surface area contributed by atoms with Crippen molar-refractivity contribution in [1.82, 2.24) is 9.97 Å². The second-order valence-electron chi connectivity index (χ2n) is 4.81. The Morgan fingerprint density at radius 1 is 1.05 bits per heavy atom. The summed E-state index contributed by atoms with van der Waals surface area (Å²) in [6.07, 6.45) is 3.12. The Balaban J connectivity index is 1.64. The van der Waals surface area contributed by atoms with E-state index in [1.165, 1.54) is 6.21 Å². The van der Waals surface area contributed by atoms with Gasteiger partial charge in [-0.05, 0) is 5.56 Å². The molecule has 0 radical (unpaired) electrons. The number of carbonyl (C=O) groups is 1. The van der Waals surface area contributed by atoms with Gasteiger partial charge in [0.25, 0.3) is 0 Å². The number of ketones is 1. The molecular formula is C18H15N3O. The first-order valence-electron chi connectivity index (χ1n) is 7.01. The maximum Gasteiger partial charge on any atom is 0.203 e. The third-order valence-electron chi connectivity index (χ3n) is 3.22. The van der Waals surface area contributed by atoms with Crippen LogP contribution in [0, 0.1) is 0 Å². The molecule has 0 bridgehead atoms. The summed E-state index contributed by atoms with van der Waals surface area (Å²) in [5.74, 6) is 0.631. The molecule has 3 aromatic rings. The van der Waals surface area contributed by atoms with Gasteiger partial charge in [-0.3, -0.25) is 9.79 Å². The fraction of sp³-hybridized carbons (Fsp3) is 0.0556. The Bertz CT molecular complexity index is 776. The SMILES string of the molecule is O=C(C=NCc1ncc(-c2ccccc2)[nH]1)c1ccccc1. The van der Waals surface area contributed by atoms with Crippen LogP contribution in [-0.4, -0.2) is 22.0 Å². The van der Waals surface area contributed by atoms with Gasteiger partial charge in [0.2, 0.25) is 5.78 Å². The van der Waals surface area contributed by atoms with Crippen LogP contribution in [0.3, 0.4) is 0 Å². The van der Waals surface area contributed by atoms with Crippen LogP contribution in [0.1, 0.15) is 16.2 Å². The summed E-state index contributed by atoms with van der Waals surface area (Å²) in [5, 5.41) is 0. The fourth-order valence-electron chi connectivity index (χ4n) is 2.10. The zero-order valence-corrected chi connectivity index (χ0v) is 11.9. The Morgan fingerprint density at radius 3 is 2.45 bits per heavy atom. The van der Waals surface area contributed by atoms with E-state index in [2.05, 4.69) is 15.0 Å². The minimum atomic E-state index is -0.101. The molecule has 0 atom stereocenters. The van der Waals surface area contributed by atoms with Crippen LogP contribution in [0.15, 0.2) is 71.9 Å². The number of nitrogens with one attached hydrogen (secondary N) is 1.